The van der Waals surface area contributed by atoms with Crippen molar-refractivity contribution in [1.82, 2.24) is 15.2 Å². The third-order valence-electron chi connectivity index (χ3n) is 3.07. The molecule has 0 amide bonds. The third kappa shape index (κ3) is 2.70. The zero-order valence-electron chi connectivity index (χ0n) is 11.2. The second-order valence-corrected chi connectivity index (χ2v) is 5.10. The van der Waals surface area contributed by atoms with Crippen molar-refractivity contribution in [3.8, 4) is 5.75 Å². The van der Waals surface area contributed by atoms with E-state index in [0.717, 1.165) is 4.47 Å². The minimum atomic E-state index is -0.551. The Kier molecular flexibility index (Phi) is 4.74. The van der Waals surface area contributed by atoms with Gasteiger partial charge >= 0.3 is 0 Å². The van der Waals surface area contributed by atoms with Gasteiger partial charge in [0, 0.05) is 16.6 Å². The Balaban J connectivity index is 2.57. The Morgan fingerprint density at radius 2 is 2.30 bits per heavy atom. The molecular weight excluding hydrogens is 327 g/mol. The highest BCUT2D eigenvalue weighted by Crippen LogP contribution is 2.32. The maximum absolute atomic E-state index is 14.1. The van der Waals surface area contributed by atoms with Crippen molar-refractivity contribution in [2.24, 2.45) is 5.84 Å². The maximum Gasteiger partial charge on any atom is 0.161 e. The summed E-state index contributed by atoms with van der Waals surface area (Å²) in [5, 5.41) is 4.21. The summed E-state index contributed by atoms with van der Waals surface area (Å²) in [6.07, 6.45) is 1.60. The van der Waals surface area contributed by atoms with Crippen LogP contribution in [-0.4, -0.2) is 16.9 Å². The lowest BCUT2D eigenvalue weighted by Gasteiger charge is -2.19. The molecule has 20 heavy (non-hydrogen) atoms. The monoisotopic (exact) mass is 342 g/mol. The second kappa shape index (κ2) is 6.34. The Hall–Kier alpha value is -1.44. The first-order chi connectivity index (χ1) is 9.62. The maximum atomic E-state index is 14.1. The summed E-state index contributed by atoms with van der Waals surface area (Å²) in [6, 6.07) is 4.17. The van der Waals surface area contributed by atoms with E-state index in [4.69, 9.17) is 10.6 Å². The summed E-state index contributed by atoms with van der Waals surface area (Å²) in [7, 11) is 1.55. The van der Waals surface area contributed by atoms with Crippen LogP contribution in [0.1, 0.15) is 24.2 Å². The molecule has 0 fully saturated rings. The molecule has 0 saturated heterocycles. The Bertz CT molecular complexity index is 581. The molecule has 108 valence electrons. The van der Waals surface area contributed by atoms with E-state index < -0.39 is 6.04 Å². The highest BCUT2D eigenvalue weighted by molar-refractivity contribution is 9.10. The van der Waals surface area contributed by atoms with Crippen molar-refractivity contribution in [1.29, 1.82) is 0 Å². The van der Waals surface area contributed by atoms with E-state index in [0.29, 0.717) is 23.6 Å². The van der Waals surface area contributed by atoms with Gasteiger partial charge in [-0.1, -0.05) is 15.9 Å². The fraction of sp³-hybridized carbons (Fsp3) is 0.308. The van der Waals surface area contributed by atoms with Crippen molar-refractivity contribution < 1.29 is 9.13 Å². The molecule has 1 atom stereocenters. The molecule has 2 rings (SSSR count). The third-order valence-corrected chi connectivity index (χ3v) is 3.57. The van der Waals surface area contributed by atoms with Crippen molar-refractivity contribution in [3.05, 3.63) is 45.9 Å². The van der Waals surface area contributed by atoms with Gasteiger partial charge in [-0.25, -0.2) is 9.82 Å². The van der Waals surface area contributed by atoms with Gasteiger partial charge in [0.05, 0.1) is 19.3 Å². The van der Waals surface area contributed by atoms with E-state index >= 15 is 0 Å². The topological polar surface area (TPSA) is 65.1 Å². The number of nitrogens with one attached hydrogen (secondary N) is 1. The fourth-order valence-corrected chi connectivity index (χ4v) is 2.51. The van der Waals surface area contributed by atoms with Crippen molar-refractivity contribution in [3.63, 3.8) is 0 Å². The van der Waals surface area contributed by atoms with Crippen LogP contribution < -0.4 is 16.0 Å². The van der Waals surface area contributed by atoms with Gasteiger partial charge in [0.2, 0.25) is 0 Å². The van der Waals surface area contributed by atoms with E-state index in [9.17, 15) is 4.39 Å². The number of rotatable bonds is 5. The van der Waals surface area contributed by atoms with Crippen LogP contribution in [0.5, 0.6) is 5.75 Å². The zero-order valence-corrected chi connectivity index (χ0v) is 12.8. The van der Waals surface area contributed by atoms with E-state index in [2.05, 4.69) is 26.5 Å². The molecule has 0 aliphatic heterocycles. The molecule has 1 aromatic carbocycles. The summed E-state index contributed by atoms with van der Waals surface area (Å²) < 4.78 is 21.9. The first kappa shape index (κ1) is 15.0. The molecule has 0 bridgehead atoms. The zero-order chi connectivity index (χ0) is 14.7. The van der Waals surface area contributed by atoms with Crippen LogP contribution in [0.15, 0.2) is 28.9 Å². The van der Waals surface area contributed by atoms with Gasteiger partial charge in [0.1, 0.15) is 11.5 Å². The number of nitrogens with zero attached hydrogens (tertiary/aromatic N) is 2. The molecule has 0 saturated carbocycles. The molecule has 0 radical (unpaired) electrons. The number of benzene rings is 1. The lowest BCUT2D eigenvalue weighted by atomic mass is 10.0. The SMILES string of the molecule is CCn1ncc(OC)c1C(NN)c1cc(Br)ccc1F. The molecule has 5 nitrogen and oxygen atoms in total. The molecule has 7 heteroatoms. The lowest BCUT2D eigenvalue weighted by Crippen LogP contribution is -2.31. The average Bonchev–Trinajstić information content (AvgIpc) is 2.86. The number of aryl methyl sites for hydroxylation is 1. The molecule has 2 aromatic rings. The molecule has 1 unspecified atom stereocenters. The molecule has 0 spiro atoms. The summed E-state index contributed by atoms with van der Waals surface area (Å²) in [6.45, 7) is 2.58. The number of hydrogen-bond acceptors (Lipinski definition) is 4. The second-order valence-electron chi connectivity index (χ2n) is 4.18. The van der Waals surface area contributed by atoms with E-state index in [1.807, 2.05) is 6.92 Å². The quantitative estimate of drug-likeness (QED) is 0.646. The number of halogens is 2. The molecular formula is C13H16BrFN4O. The number of hydrazine groups is 1. The highest BCUT2D eigenvalue weighted by atomic mass is 79.9. The van der Waals surface area contributed by atoms with Crippen LogP contribution in [0.25, 0.3) is 0 Å². The van der Waals surface area contributed by atoms with Gasteiger partial charge in [-0.05, 0) is 25.1 Å². The van der Waals surface area contributed by atoms with Gasteiger partial charge in [0.25, 0.3) is 0 Å². The number of aromatic nitrogens is 2. The Morgan fingerprint density at radius 1 is 1.55 bits per heavy atom. The van der Waals surface area contributed by atoms with Gasteiger partial charge in [0.15, 0.2) is 5.75 Å². The Labute approximate surface area is 125 Å². The minimum absolute atomic E-state index is 0.345. The van der Waals surface area contributed by atoms with E-state index in [1.54, 1.807) is 30.1 Å². The summed E-state index contributed by atoms with van der Waals surface area (Å²) in [4.78, 5) is 0. The number of methoxy groups -OCH3 is 1. The Morgan fingerprint density at radius 3 is 2.90 bits per heavy atom. The molecule has 0 aliphatic rings. The fourth-order valence-electron chi connectivity index (χ4n) is 2.13. The number of ether oxygens (including phenoxy) is 1. The van der Waals surface area contributed by atoms with Crippen molar-refractivity contribution in [2.75, 3.05) is 7.11 Å². The molecule has 0 aliphatic carbocycles. The highest BCUT2D eigenvalue weighted by Gasteiger charge is 2.25. The van der Waals surface area contributed by atoms with E-state index in [-0.39, 0.29) is 5.82 Å². The first-order valence-electron chi connectivity index (χ1n) is 6.13. The molecule has 1 aromatic heterocycles. The van der Waals surface area contributed by atoms with Crippen LogP contribution >= 0.6 is 15.9 Å². The van der Waals surface area contributed by atoms with Gasteiger partial charge in [-0.2, -0.15) is 5.10 Å². The predicted octanol–water partition coefficient (Wildman–Crippen LogP) is 2.37. The van der Waals surface area contributed by atoms with Crippen LogP contribution in [0.3, 0.4) is 0 Å². The predicted molar refractivity (Wildman–Crippen MR) is 77.7 cm³/mol. The largest absolute Gasteiger partial charge is 0.493 e. The van der Waals surface area contributed by atoms with E-state index in [1.165, 1.54) is 6.07 Å². The van der Waals surface area contributed by atoms with Crippen LogP contribution in [0.2, 0.25) is 0 Å². The van der Waals surface area contributed by atoms with Crippen LogP contribution in [0, 0.1) is 5.82 Å². The van der Waals surface area contributed by atoms with Crippen molar-refractivity contribution >= 4 is 15.9 Å². The van der Waals surface area contributed by atoms with Gasteiger partial charge < -0.3 is 4.74 Å². The smallest absolute Gasteiger partial charge is 0.161 e. The summed E-state index contributed by atoms with van der Waals surface area (Å²) >= 11 is 3.34. The summed E-state index contributed by atoms with van der Waals surface area (Å²) in [5.74, 6) is 5.85. The summed E-state index contributed by atoms with van der Waals surface area (Å²) in [5.41, 5.74) is 3.75. The minimum Gasteiger partial charge on any atom is -0.493 e. The van der Waals surface area contributed by atoms with Gasteiger partial charge in [-0.3, -0.25) is 10.5 Å². The van der Waals surface area contributed by atoms with Crippen molar-refractivity contribution in [2.45, 2.75) is 19.5 Å². The number of nitrogens with two attached hydrogens (primary N) is 1. The normalized spacial score (nSPS) is 12.4. The number of hydrogen-bond donors (Lipinski definition) is 2. The van der Waals surface area contributed by atoms with Gasteiger partial charge in [-0.15, -0.1) is 0 Å². The molecule has 1 heterocycles. The van der Waals surface area contributed by atoms with Crippen LogP contribution in [-0.2, 0) is 6.54 Å². The first-order valence-corrected chi connectivity index (χ1v) is 6.92. The average molecular weight is 343 g/mol. The lowest BCUT2D eigenvalue weighted by molar-refractivity contribution is 0.398. The standard InChI is InChI=1S/C13H16BrFN4O/c1-3-19-13(11(20-2)7-17-19)12(18-16)9-6-8(14)4-5-10(9)15/h4-7,12,18H,3,16H2,1-2H3. The molecule has 3 N–H and O–H groups in total. The van der Waals surface area contributed by atoms with Crippen LogP contribution in [0.4, 0.5) is 4.39 Å².